The van der Waals surface area contributed by atoms with Gasteiger partial charge in [-0.05, 0) is 60.5 Å². The number of rotatable bonds is 7. The molecule has 168 valence electrons. The number of aryl methyl sites for hydroxylation is 1. The van der Waals surface area contributed by atoms with Crippen molar-refractivity contribution in [1.29, 1.82) is 0 Å². The number of hydrogen-bond donors (Lipinski definition) is 1. The van der Waals surface area contributed by atoms with Gasteiger partial charge in [-0.3, -0.25) is 4.79 Å². The lowest BCUT2D eigenvalue weighted by atomic mass is 10.2. The second-order valence-corrected chi connectivity index (χ2v) is 7.63. The van der Waals surface area contributed by atoms with E-state index in [1.54, 1.807) is 37.4 Å². The molecule has 0 fully saturated rings. The van der Waals surface area contributed by atoms with Gasteiger partial charge in [-0.25, -0.2) is 18.4 Å². The van der Waals surface area contributed by atoms with Crippen LogP contribution in [0.5, 0.6) is 11.6 Å². The first-order chi connectivity index (χ1) is 15.9. The summed E-state index contributed by atoms with van der Waals surface area (Å²) < 4.78 is 33.3. The fourth-order valence-electron chi connectivity index (χ4n) is 3.19. The number of hydrogen-bond acceptors (Lipinski definition) is 4. The lowest BCUT2D eigenvalue weighted by Crippen LogP contribution is -2.23. The van der Waals surface area contributed by atoms with Crippen molar-refractivity contribution in [3.8, 4) is 11.6 Å². The van der Waals surface area contributed by atoms with Crippen LogP contribution >= 0.6 is 11.6 Å². The average Bonchev–Trinajstić information content (AvgIpc) is 3.08. The fourth-order valence-corrected chi connectivity index (χ4v) is 3.51. The van der Waals surface area contributed by atoms with Crippen molar-refractivity contribution >= 4 is 17.5 Å². The van der Waals surface area contributed by atoms with Crippen LogP contribution < -0.4 is 10.1 Å². The Morgan fingerprint density at radius 2 is 1.70 bits per heavy atom. The largest absolute Gasteiger partial charge is 0.439 e. The maximum atomic E-state index is 13.1. The molecule has 0 aliphatic carbocycles. The zero-order chi connectivity index (χ0) is 23.4. The van der Waals surface area contributed by atoms with Crippen LogP contribution in [-0.4, -0.2) is 20.7 Å². The van der Waals surface area contributed by atoms with Gasteiger partial charge in [-0.15, -0.1) is 0 Å². The van der Waals surface area contributed by atoms with E-state index in [2.05, 4.69) is 15.4 Å². The molecule has 0 aliphatic heterocycles. The molecule has 0 spiro atoms. The zero-order valence-corrected chi connectivity index (χ0v) is 18.3. The second-order valence-electron chi connectivity index (χ2n) is 7.28. The number of pyridine rings is 1. The first-order valence-corrected chi connectivity index (χ1v) is 10.4. The molecule has 4 aromatic rings. The van der Waals surface area contributed by atoms with E-state index >= 15 is 0 Å². The summed E-state index contributed by atoms with van der Waals surface area (Å²) in [7, 11) is 0. The highest BCUT2D eigenvalue weighted by Crippen LogP contribution is 2.22. The Morgan fingerprint density at radius 3 is 2.39 bits per heavy atom. The van der Waals surface area contributed by atoms with Gasteiger partial charge in [-0.2, -0.15) is 5.10 Å². The number of ether oxygens (including phenoxy) is 1. The van der Waals surface area contributed by atoms with Gasteiger partial charge >= 0.3 is 0 Å². The third-order valence-electron chi connectivity index (χ3n) is 4.83. The Morgan fingerprint density at radius 1 is 1.03 bits per heavy atom. The molecule has 2 aromatic heterocycles. The molecule has 0 saturated carbocycles. The molecule has 0 radical (unpaired) electrons. The van der Waals surface area contributed by atoms with Gasteiger partial charge in [0.2, 0.25) is 5.88 Å². The highest BCUT2D eigenvalue weighted by molar-refractivity contribution is 6.33. The number of aromatic nitrogens is 3. The van der Waals surface area contributed by atoms with Crippen LogP contribution in [0, 0.1) is 18.6 Å². The third-order valence-corrected chi connectivity index (χ3v) is 5.21. The normalized spacial score (nSPS) is 10.8. The van der Waals surface area contributed by atoms with Gasteiger partial charge in [-0.1, -0.05) is 23.7 Å². The Balaban J connectivity index is 1.42. The number of nitrogens with zero attached hydrogens (tertiary/aromatic N) is 3. The number of carbonyl (C=O) groups excluding carboxylic acids is 1. The summed E-state index contributed by atoms with van der Waals surface area (Å²) in [4.78, 5) is 16.9. The van der Waals surface area contributed by atoms with Crippen molar-refractivity contribution in [2.75, 3.05) is 0 Å². The van der Waals surface area contributed by atoms with E-state index in [-0.39, 0.29) is 34.8 Å². The first kappa shape index (κ1) is 22.4. The summed E-state index contributed by atoms with van der Waals surface area (Å²) in [5.74, 6) is -0.304. The van der Waals surface area contributed by atoms with Crippen LogP contribution in [0.15, 0.2) is 66.9 Å². The second kappa shape index (κ2) is 9.79. The maximum absolute atomic E-state index is 13.1. The molecule has 1 amide bonds. The molecule has 0 atom stereocenters. The summed E-state index contributed by atoms with van der Waals surface area (Å²) in [5, 5.41) is 7.36. The minimum absolute atomic E-state index is 0.199. The fraction of sp³-hybridized carbons (Fsp3) is 0.125. The van der Waals surface area contributed by atoms with E-state index in [0.29, 0.717) is 23.9 Å². The van der Waals surface area contributed by atoms with Crippen molar-refractivity contribution in [2.24, 2.45) is 0 Å². The van der Waals surface area contributed by atoms with Crippen LogP contribution in [0.2, 0.25) is 5.15 Å². The predicted octanol–water partition coefficient (Wildman–Crippen LogP) is 5.29. The van der Waals surface area contributed by atoms with Gasteiger partial charge in [0.05, 0.1) is 17.8 Å². The van der Waals surface area contributed by atoms with Crippen LogP contribution in [0.3, 0.4) is 0 Å². The van der Waals surface area contributed by atoms with E-state index < -0.39 is 0 Å². The van der Waals surface area contributed by atoms with Crippen LogP contribution in [0.25, 0.3) is 0 Å². The molecule has 0 saturated heterocycles. The summed E-state index contributed by atoms with van der Waals surface area (Å²) >= 11 is 6.42. The number of carbonyl (C=O) groups is 1. The number of amides is 1. The van der Waals surface area contributed by atoms with Gasteiger partial charge in [0, 0.05) is 18.8 Å². The molecule has 1 N–H and O–H groups in total. The monoisotopic (exact) mass is 468 g/mol. The van der Waals surface area contributed by atoms with Gasteiger partial charge in [0.15, 0.2) is 0 Å². The average molecular weight is 469 g/mol. The first-order valence-electron chi connectivity index (χ1n) is 10.0. The Labute approximate surface area is 193 Å². The van der Waals surface area contributed by atoms with E-state index in [1.807, 2.05) is 0 Å². The van der Waals surface area contributed by atoms with Gasteiger partial charge in [0.1, 0.15) is 22.5 Å². The number of benzene rings is 2. The zero-order valence-electron chi connectivity index (χ0n) is 17.6. The molecule has 2 heterocycles. The smallest absolute Gasteiger partial charge is 0.256 e. The van der Waals surface area contributed by atoms with Crippen molar-refractivity contribution in [2.45, 2.75) is 20.0 Å². The molecule has 6 nitrogen and oxygen atoms in total. The van der Waals surface area contributed by atoms with Gasteiger partial charge in [0.25, 0.3) is 5.91 Å². The maximum Gasteiger partial charge on any atom is 0.256 e. The molecule has 33 heavy (non-hydrogen) atoms. The molecule has 0 bridgehead atoms. The third kappa shape index (κ3) is 5.53. The SMILES string of the molecule is Cc1nn(Cc2ccc(F)cc2)c(Cl)c1C(=O)NCc1ccnc(Oc2ccc(F)cc2)c1. The number of nitrogens with one attached hydrogen (secondary N) is 1. The standard InChI is InChI=1S/C24H19ClF2N4O2/c1-15-22(23(25)31(30-15)14-16-2-4-18(26)5-3-16)24(32)29-13-17-10-11-28-21(12-17)33-20-8-6-19(27)7-9-20/h2-12H,13-14H2,1H3,(H,29,32). The number of halogens is 3. The molecule has 2 aromatic carbocycles. The molecular formula is C24H19ClF2N4O2. The van der Waals surface area contributed by atoms with Crippen LogP contribution in [0.1, 0.15) is 27.2 Å². The quantitative estimate of drug-likeness (QED) is 0.400. The van der Waals surface area contributed by atoms with E-state index in [9.17, 15) is 13.6 Å². The van der Waals surface area contributed by atoms with Crippen LogP contribution in [0.4, 0.5) is 8.78 Å². The van der Waals surface area contributed by atoms with Crippen molar-refractivity contribution in [3.05, 3.63) is 106 Å². The summed E-state index contributed by atoms with van der Waals surface area (Å²) in [5.41, 5.74) is 2.31. The summed E-state index contributed by atoms with van der Waals surface area (Å²) in [6.45, 7) is 2.21. The van der Waals surface area contributed by atoms with E-state index in [0.717, 1.165) is 11.1 Å². The van der Waals surface area contributed by atoms with Crippen molar-refractivity contribution in [1.82, 2.24) is 20.1 Å². The lowest BCUT2D eigenvalue weighted by molar-refractivity contribution is 0.0950. The van der Waals surface area contributed by atoms with E-state index in [4.69, 9.17) is 16.3 Å². The van der Waals surface area contributed by atoms with E-state index in [1.165, 1.54) is 41.1 Å². The minimum atomic E-state index is -0.374. The topological polar surface area (TPSA) is 69.0 Å². The highest BCUT2D eigenvalue weighted by Gasteiger charge is 2.20. The van der Waals surface area contributed by atoms with Crippen molar-refractivity contribution < 1.29 is 18.3 Å². The molecule has 0 unspecified atom stereocenters. The summed E-state index contributed by atoms with van der Waals surface area (Å²) in [6, 6.07) is 15.0. The molecule has 4 rings (SSSR count). The molecule has 9 heteroatoms. The Hall–Kier alpha value is -3.78. The molecular weight excluding hydrogens is 450 g/mol. The summed E-state index contributed by atoms with van der Waals surface area (Å²) in [6.07, 6.45) is 1.55. The lowest BCUT2D eigenvalue weighted by Gasteiger charge is -2.08. The molecule has 0 aliphatic rings. The van der Waals surface area contributed by atoms with Gasteiger partial charge < -0.3 is 10.1 Å². The highest BCUT2D eigenvalue weighted by atomic mass is 35.5. The van der Waals surface area contributed by atoms with Crippen LogP contribution in [-0.2, 0) is 13.1 Å². The predicted molar refractivity (Wildman–Crippen MR) is 119 cm³/mol. The minimum Gasteiger partial charge on any atom is -0.439 e. The Kier molecular flexibility index (Phi) is 6.65. The van der Waals surface area contributed by atoms with Crippen molar-refractivity contribution in [3.63, 3.8) is 0 Å². The Bertz CT molecular complexity index is 1270.